The van der Waals surface area contributed by atoms with Crippen LogP contribution in [0.3, 0.4) is 0 Å². The van der Waals surface area contributed by atoms with Crippen molar-refractivity contribution in [2.75, 3.05) is 67.5 Å². The van der Waals surface area contributed by atoms with Gasteiger partial charge in [0, 0.05) is 6.54 Å². The third kappa shape index (κ3) is 13.6. The molecule has 1 N–H and O–H groups in total. The van der Waals surface area contributed by atoms with Gasteiger partial charge in [-0.05, 0) is 80.2 Å². The van der Waals surface area contributed by atoms with E-state index in [0.717, 1.165) is 52.1 Å². The standard InChI is InChI=1S/C14H32N4O/c1-16(2)9-6-12-18(11-5-8-15-14-19)13-7-10-17(3)4/h14H,5-13H2,1-4H3,(H,15,19). The second-order valence-corrected chi connectivity index (χ2v) is 5.58. The highest BCUT2D eigenvalue weighted by atomic mass is 16.1. The molecule has 19 heavy (non-hydrogen) atoms. The van der Waals surface area contributed by atoms with E-state index in [1.165, 1.54) is 12.8 Å². The first-order valence-corrected chi connectivity index (χ1v) is 7.25. The first-order chi connectivity index (χ1) is 9.06. The predicted molar refractivity (Wildman–Crippen MR) is 81.5 cm³/mol. The molecule has 0 atom stereocenters. The van der Waals surface area contributed by atoms with Crippen LogP contribution >= 0.6 is 0 Å². The van der Waals surface area contributed by atoms with Crippen LogP contribution in [0.25, 0.3) is 0 Å². The van der Waals surface area contributed by atoms with Crippen molar-refractivity contribution in [3.05, 3.63) is 0 Å². The summed E-state index contributed by atoms with van der Waals surface area (Å²) in [4.78, 5) is 17.2. The van der Waals surface area contributed by atoms with Crippen molar-refractivity contribution >= 4 is 6.41 Å². The van der Waals surface area contributed by atoms with E-state index in [9.17, 15) is 4.79 Å². The van der Waals surface area contributed by atoms with E-state index in [-0.39, 0.29) is 0 Å². The quantitative estimate of drug-likeness (QED) is 0.387. The molecule has 0 saturated carbocycles. The summed E-state index contributed by atoms with van der Waals surface area (Å²) in [6.45, 7) is 6.41. The first-order valence-electron chi connectivity index (χ1n) is 7.25. The lowest BCUT2D eigenvalue weighted by atomic mass is 10.3. The van der Waals surface area contributed by atoms with Gasteiger partial charge in [0.1, 0.15) is 0 Å². The van der Waals surface area contributed by atoms with E-state index in [4.69, 9.17) is 0 Å². The Morgan fingerprint density at radius 1 is 0.789 bits per heavy atom. The van der Waals surface area contributed by atoms with E-state index in [1.807, 2.05) is 0 Å². The summed E-state index contributed by atoms with van der Waals surface area (Å²) in [7, 11) is 8.46. The van der Waals surface area contributed by atoms with Gasteiger partial charge in [-0.25, -0.2) is 0 Å². The van der Waals surface area contributed by atoms with Crippen LogP contribution < -0.4 is 5.32 Å². The zero-order valence-corrected chi connectivity index (χ0v) is 13.2. The summed E-state index contributed by atoms with van der Waals surface area (Å²) in [5, 5.41) is 2.73. The molecule has 1 amide bonds. The minimum atomic E-state index is 0.779. The number of amides is 1. The molecule has 114 valence electrons. The molecule has 5 heteroatoms. The Balaban J connectivity index is 3.81. The van der Waals surface area contributed by atoms with Crippen LogP contribution in [-0.2, 0) is 4.79 Å². The average Bonchev–Trinajstić information content (AvgIpc) is 2.33. The number of hydrogen-bond donors (Lipinski definition) is 1. The molecule has 0 aromatic heterocycles. The van der Waals surface area contributed by atoms with Gasteiger partial charge >= 0.3 is 0 Å². The molecule has 0 rings (SSSR count). The summed E-state index contributed by atoms with van der Waals surface area (Å²) in [6.07, 6.45) is 4.22. The average molecular weight is 272 g/mol. The van der Waals surface area contributed by atoms with Crippen molar-refractivity contribution in [1.29, 1.82) is 0 Å². The first kappa shape index (κ1) is 18.4. The van der Waals surface area contributed by atoms with Crippen LogP contribution in [0.15, 0.2) is 0 Å². The van der Waals surface area contributed by atoms with Gasteiger partial charge in [0.15, 0.2) is 0 Å². The monoisotopic (exact) mass is 272 g/mol. The Morgan fingerprint density at radius 3 is 1.68 bits per heavy atom. The fourth-order valence-corrected chi connectivity index (χ4v) is 2.02. The number of rotatable bonds is 13. The van der Waals surface area contributed by atoms with Crippen LogP contribution in [0.5, 0.6) is 0 Å². The summed E-state index contributed by atoms with van der Waals surface area (Å²) in [5.74, 6) is 0. The molecule has 0 radical (unpaired) electrons. The van der Waals surface area contributed by atoms with Crippen LogP contribution in [0.4, 0.5) is 0 Å². The maximum absolute atomic E-state index is 10.2. The van der Waals surface area contributed by atoms with Gasteiger partial charge in [-0.15, -0.1) is 0 Å². The lowest BCUT2D eigenvalue weighted by Crippen LogP contribution is -2.32. The lowest BCUT2D eigenvalue weighted by molar-refractivity contribution is -0.109. The summed E-state index contributed by atoms with van der Waals surface area (Å²) < 4.78 is 0. The molecule has 5 nitrogen and oxygen atoms in total. The Labute approximate surface area is 118 Å². The van der Waals surface area contributed by atoms with Crippen LogP contribution in [0.1, 0.15) is 19.3 Å². The number of hydrogen-bond acceptors (Lipinski definition) is 4. The maximum atomic E-state index is 10.2. The maximum Gasteiger partial charge on any atom is 0.207 e. The van der Waals surface area contributed by atoms with Crippen molar-refractivity contribution in [3.8, 4) is 0 Å². The van der Waals surface area contributed by atoms with Gasteiger partial charge in [-0.2, -0.15) is 0 Å². The smallest absolute Gasteiger partial charge is 0.207 e. The van der Waals surface area contributed by atoms with Gasteiger partial charge in [0.25, 0.3) is 0 Å². The molecule has 0 bridgehead atoms. The zero-order valence-electron chi connectivity index (χ0n) is 13.2. The normalized spacial score (nSPS) is 11.5. The molecule has 0 heterocycles. The number of nitrogens with one attached hydrogen (secondary N) is 1. The fraction of sp³-hybridized carbons (Fsp3) is 0.929. The molecular weight excluding hydrogens is 240 g/mol. The van der Waals surface area contributed by atoms with Crippen LogP contribution in [0, 0.1) is 0 Å². The fourth-order valence-electron chi connectivity index (χ4n) is 2.02. The number of carbonyl (C=O) groups excluding carboxylic acids is 1. The third-order valence-electron chi connectivity index (χ3n) is 3.04. The molecule has 0 saturated heterocycles. The highest BCUT2D eigenvalue weighted by molar-refractivity contribution is 5.45. The third-order valence-corrected chi connectivity index (χ3v) is 3.04. The molecule has 0 aromatic rings. The van der Waals surface area contributed by atoms with Crippen molar-refractivity contribution in [2.45, 2.75) is 19.3 Å². The molecule has 0 aliphatic carbocycles. The van der Waals surface area contributed by atoms with Crippen molar-refractivity contribution in [3.63, 3.8) is 0 Å². The van der Waals surface area contributed by atoms with Gasteiger partial charge in [-0.3, -0.25) is 4.79 Å². The van der Waals surface area contributed by atoms with Gasteiger partial charge in [0.05, 0.1) is 0 Å². The minimum absolute atomic E-state index is 0.779. The van der Waals surface area contributed by atoms with Gasteiger partial charge in [0.2, 0.25) is 6.41 Å². The number of nitrogens with zero attached hydrogens (tertiary/aromatic N) is 3. The van der Waals surface area contributed by atoms with Gasteiger partial charge in [-0.1, -0.05) is 0 Å². The van der Waals surface area contributed by atoms with E-state index in [0.29, 0.717) is 0 Å². The summed E-state index contributed by atoms with van der Waals surface area (Å²) in [5.41, 5.74) is 0. The van der Waals surface area contributed by atoms with Crippen LogP contribution in [-0.4, -0.2) is 88.6 Å². The molecular formula is C14H32N4O. The van der Waals surface area contributed by atoms with Gasteiger partial charge < -0.3 is 20.0 Å². The number of carbonyl (C=O) groups is 1. The highest BCUT2D eigenvalue weighted by Crippen LogP contribution is 1.98. The molecule has 0 fully saturated rings. The minimum Gasteiger partial charge on any atom is -0.359 e. The Kier molecular flexibility index (Phi) is 12.0. The second kappa shape index (κ2) is 12.4. The zero-order chi connectivity index (χ0) is 14.5. The van der Waals surface area contributed by atoms with Crippen molar-refractivity contribution < 1.29 is 4.79 Å². The Morgan fingerprint density at radius 2 is 1.26 bits per heavy atom. The van der Waals surface area contributed by atoms with Crippen molar-refractivity contribution in [2.24, 2.45) is 0 Å². The molecule has 0 aromatic carbocycles. The SMILES string of the molecule is CN(C)CCCN(CCCNC=O)CCCN(C)C. The molecule has 0 unspecified atom stereocenters. The lowest BCUT2D eigenvalue weighted by Gasteiger charge is -2.24. The van der Waals surface area contributed by atoms with E-state index in [1.54, 1.807) is 0 Å². The summed E-state index contributed by atoms with van der Waals surface area (Å²) >= 11 is 0. The van der Waals surface area contributed by atoms with E-state index < -0.39 is 0 Å². The van der Waals surface area contributed by atoms with Crippen molar-refractivity contribution in [1.82, 2.24) is 20.0 Å². The highest BCUT2D eigenvalue weighted by Gasteiger charge is 2.05. The topological polar surface area (TPSA) is 38.8 Å². The Bertz CT molecular complexity index is 196. The predicted octanol–water partition coefficient (Wildman–Crippen LogP) is 0.328. The van der Waals surface area contributed by atoms with E-state index >= 15 is 0 Å². The molecule has 0 spiro atoms. The Hall–Kier alpha value is -0.650. The van der Waals surface area contributed by atoms with E-state index in [2.05, 4.69) is 48.2 Å². The molecule has 0 aliphatic heterocycles. The molecule has 0 aliphatic rings. The largest absolute Gasteiger partial charge is 0.359 e. The van der Waals surface area contributed by atoms with Crippen LogP contribution in [0.2, 0.25) is 0 Å². The second-order valence-electron chi connectivity index (χ2n) is 5.58. The summed E-state index contributed by atoms with van der Waals surface area (Å²) in [6, 6.07) is 0.